The zero-order chi connectivity index (χ0) is 15.9. The fourth-order valence-electron chi connectivity index (χ4n) is 2.29. The molecule has 5 nitrogen and oxygen atoms in total. The lowest BCUT2D eigenvalue weighted by Crippen LogP contribution is -2.27. The molecule has 116 valence electrons. The van der Waals surface area contributed by atoms with Gasteiger partial charge >= 0.3 is 0 Å². The molecule has 22 heavy (non-hydrogen) atoms. The zero-order valence-electron chi connectivity index (χ0n) is 13.3. The maximum absolute atomic E-state index is 12.0. The molecule has 0 spiro atoms. The van der Waals surface area contributed by atoms with Gasteiger partial charge in [-0.2, -0.15) is 0 Å². The summed E-state index contributed by atoms with van der Waals surface area (Å²) in [6.07, 6.45) is 5.10. The Morgan fingerprint density at radius 2 is 2.09 bits per heavy atom. The van der Waals surface area contributed by atoms with E-state index in [1.54, 1.807) is 17.0 Å². The molecule has 1 amide bonds. The van der Waals surface area contributed by atoms with E-state index in [0.29, 0.717) is 0 Å². The zero-order valence-corrected chi connectivity index (χ0v) is 13.3. The van der Waals surface area contributed by atoms with E-state index in [1.807, 2.05) is 39.1 Å². The summed E-state index contributed by atoms with van der Waals surface area (Å²) < 4.78 is 1.80. The molecule has 1 aromatic heterocycles. The second kappa shape index (κ2) is 7.54. The summed E-state index contributed by atoms with van der Waals surface area (Å²) in [6.45, 7) is 3.88. The minimum atomic E-state index is -0.168. The molecule has 0 aliphatic rings. The van der Waals surface area contributed by atoms with Crippen LogP contribution in [0.1, 0.15) is 37.7 Å². The summed E-state index contributed by atoms with van der Waals surface area (Å²) in [5, 5.41) is 10.7. The molecule has 0 saturated heterocycles. The SMILES string of the molecule is C/C(=C\C(=O)NC(C)c1nncn1C)CCc1ccccc1. The maximum Gasteiger partial charge on any atom is 0.244 e. The number of hydrogen-bond acceptors (Lipinski definition) is 3. The van der Waals surface area contributed by atoms with Crippen LogP contribution in [0.3, 0.4) is 0 Å². The smallest absolute Gasteiger partial charge is 0.244 e. The first kappa shape index (κ1) is 15.9. The molecule has 1 N–H and O–H groups in total. The van der Waals surface area contributed by atoms with E-state index in [1.165, 1.54) is 5.56 Å². The van der Waals surface area contributed by atoms with Crippen LogP contribution in [0.15, 0.2) is 48.3 Å². The molecule has 0 bridgehead atoms. The lowest BCUT2D eigenvalue weighted by atomic mass is 10.1. The minimum Gasteiger partial charge on any atom is -0.343 e. The predicted molar refractivity (Wildman–Crippen MR) is 86.1 cm³/mol. The first-order chi connectivity index (χ1) is 10.6. The molecule has 0 fully saturated rings. The minimum absolute atomic E-state index is 0.0962. The Labute approximate surface area is 131 Å². The van der Waals surface area contributed by atoms with Crippen LogP contribution in [0, 0.1) is 0 Å². The van der Waals surface area contributed by atoms with E-state index < -0.39 is 0 Å². The van der Waals surface area contributed by atoms with E-state index in [-0.39, 0.29) is 11.9 Å². The summed E-state index contributed by atoms with van der Waals surface area (Å²) in [7, 11) is 1.86. The highest BCUT2D eigenvalue weighted by Gasteiger charge is 2.12. The van der Waals surface area contributed by atoms with Crippen molar-refractivity contribution in [2.45, 2.75) is 32.7 Å². The topological polar surface area (TPSA) is 59.8 Å². The maximum atomic E-state index is 12.0. The average Bonchev–Trinajstić information content (AvgIpc) is 2.92. The lowest BCUT2D eigenvalue weighted by Gasteiger charge is -2.11. The number of nitrogens with zero attached hydrogens (tertiary/aromatic N) is 3. The Hall–Kier alpha value is -2.43. The van der Waals surface area contributed by atoms with Crippen molar-refractivity contribution >= 4 is 5.91 Å². The Kier molecular flexibility index (Phi) is 5.47. The van der Waals surface area contributed by atoms with Gasteiger partial charge in [0.1, 0.15) is 6.33 Å². The highest BCUT2D eigenvalue weighted by atomic mass is 16.1. The van der Waals surface area contributed by atoms with Crippen LogP contribution < -0.4 is 5.32 Å². The third-order valence-corrected chi connectivity index (χ3v) is 3.52. The van der Waals surface area contributed by atoms with Crippen molar-refractivity contribution in [1.29, 1.82) is 0 Å². The molecule has 2 aromatic rings. The van der Waals surface area contributed by atoms with Crippen LogP contribution in [0.4, 0.5) is 0 Å². The third-order valence-electron chi connectivity index (χ3n) is 3.52. The van der Waals surface area contributed by atoms with Gasteiger partial charge < -0.3 is 9.88 Å². The molecule has 1 aromatic carbocycles. The normalized spacial score (nSPS) is 13.0. The number of aryl methyl sites for hydroxylation is 2. The van der Waals surface area contributed by atoms with Crippen LogP contribution in [0.25, 0.3) is 0 Å². The van der Waals surface area contributed by atoms with E-state index in [2.05, 4.69) is 27.6 Å². The van der Waals surface area contributed by atoms with Gasteiger partial charge in [-0.05, 0) is 32.3 Å². The van der Waals surface area contributed by atoms with Crippen LogP contribution in [0.5, 0.6) is 0 Å². The first-order valence-electron chi connectivity index (χ1n) is 7.41. The van der Waals surface area contributed by atoms with Crippen LogP contribution in [-0.2, 0) is 18.3 Å². The van der Waals surface area contributed by atoms with Crippen molar-refractivity contribution in [1.82, 2.24) is 20.1 Å². The Balaban J connectivity index is 1.86. The summed E-state index contributed by atoms with van der Waals surface area (Å²) >= 11 is 0. The van der Waals surface area contributed by atoms with Gasteiger partial charge in [0.05, 0.1) is 6.04 Å². The summed E-state index contributed by atoms with van der Waals surface area (Å²) in [5.41, 5.74) is 2.34. The molecule has 0 aliphatic heterocycles. The number of benzene rings is 1. The number of rotatable bonds is 6. The Morgan fingerprint density at radius 3 is 2.73 bits per heavy atom. The molecule has 1 unspecified atom stereocenters. The number of carbonyl (C=O) groups is 1. The van der Waals surface area contributed by atoms with Gasteiger partial charge in [-0.3, -0.25) is 4.79 Å². The molecule has 5 heteroatoms. The van der Waals surface area contributed by atoms with Gasteiger partial charge in [0, 0.05) is 13.1 Å². The fraction of sp³-hybridized carbons (Fsp3) is 0.353. The lowest BCUT2D eigenvalue weighted by molar-refractivity contribution is -0.117. The quantitative estimate of drug-likeness (QED) is 0.834. The second-order valence-corrected chi connectivity index (χ2v) is 5.51. The number of allylic oxidation sites excluding steroid dienone is 1. The van der Waals surface area contributed by atoms with Gasteiger partial charge in [0.2, 0.25) is 5.91 Å². The van der Waals surface area contributed by atoms with E-state index in [9.17, 15) is 4.79 Å². The van der Waals surface area contributed by atoms with Crippen LogP contribution in [0.2, 0.25) is 0 Å². The second-order valence-electron chi connectivity index (χ2n) is 5.51. The van der Waals surface area contributed by atoms with Crippen molar-refractivity contribution in [2.75, 3.05) is 0 Å². The molecule has 0 saturated carbocycles. The predicted octanol–water partition coefficient (Wildman–Crippen LogP) is 2.57. The van der Waals surface area contributed by atoms with Crippen molar-refractivity contribution < 1.29 is 4.79 Å². The van der Waals surface area contributed by atoms with E-state index in [0.717, 1.165) is 24.2 Å². The molecule has 2 rings (SSSR count). The molecule has 1 heterocycles. The molecular weight excluding hydrogens is 276 g/mol. The molecule has 0 radical (unpaired) electrons. The number of hydrogen-bond donors (Lipinski definition) is 1. The molecule has 1 atom stereocenters. The van der Waals surface area contributed by atoms with Crippen molar-refractivity contribution in [3.8, 4) is 0 Å². The summed E-state index contributed by atoms with van der Waals surface area (Å²) in [5.74, 6) is 0.643. The van der Waals surface area contributed by atoms with Gasteiger partial charge in [0.25, 0.3) is 0 Å². The average molecular weight is 298 g/mol. The highest BCUT2D eigenvalue weighted by molar-refractivity contribution is 5.88. The molecule has 0 aliphatic carbocycles. The van der Waals surface area contributed by atoms with E-state index in [4.69, 9.17) is 0 Å². The summed E-state index contributed by atoms with van der Waals surface area (Å²) in [4.78, 5) is 12.0. The number of carbonyl (C=O) groups excluding carboxylic acids is 1. The van der Waals surface area contributed by atoms with Crippen molar-refractivity contribution in [3.05, 3.63) is 59.7 Å². The molecular formula is C17H22N4O. The summed E-state index contributed by atoms with van der Waals surface area (Å²) in [6, 6.07) is 10.1. The Morgan fingerprint density at radius 1 is 1.36 bits per heavy atom. The van der Waals surface area contributed by atoms with Gasteiger partial charge in [-0.15, -0.1) is 10.2 Å². The largest absolute Gasteiger partial charge is 0.343 e. The van der Waals surface area contributed by atoms with Crippen LogP contribution in [-0.4, -0.2) is 20.7 Å². The number of aromatic nitrogens is 3. The van der Waals surface area contributed by atoms with Gasteiger partial charge in [-0.25, -0.2) is 0 Å². The number of amides is 1. The Bertz CT molecular complexity index is 646. The number of nitrogens with one attached hydrogen (secondary N) is 1. The van der Waals surface area contributed by atoms with Gasteiger partial charge in [-0.1, -0.05) is 35.9 Å². The van der Waals surface area contributed by atoms with E-state index >= 15 is 0 Å². The van der Waals surface area contributed by atoms with Crippen LogP contribution >= 0.6 is 0 Å². The first-order valence-corrected chi connectivity index (χ1v) is 7.41. The monoisotopic (exact) mass is 298 g/mol. The van der Waals surface area contributed by atoms with Crippen molar-refractivity contribution in [2.24, 2.45) is 7.05 Å². The highest BCUT2D eigenvalue weighted by Crippen LogP contribution is 2.10. The third kappa shape index (κ3) is 4.55. The van der Waals surface area contributed by atoms with Gasteiger partial charge in [0.15, 0.2) is 5.82 Å². The fourth-order valence-corrected chi connectivity index (χ4v) is 2.29. The van der Waals surface area contributed by atoms with Crippen molar-refractivity contribution in [3.63, 3.8) is 0 Å². The standard InChI is InChI=1S/C17H22N4O/c1-13(9-10-15-7-5-4-6-8-15)11-16(22)19-14(2)17-20-18-12-21(17)3/h4-8,11-12,14H,9-10H2,1-3H3,(H,19,22)/b13-11+.